The molecule has 0 unspecified atom stereocenters. The number of aryl methyl sites for hydroxylation is 2. The van der Waals surface area contributed by atoms with Crippen molar-refractivity contribution in [1.29, 1.82) is 0 Å². The number of hydrogen-bond acceptors (Lipinski definition) is 3. The fourth-order valence-electron chi connectivity index (χ4n) is 3.90. The lowest BCUT2D eigenvalue weighted by Gasteiger charge is -2.31. The van der Waals surface area contributed by atoms with Crippen molar-refractivity contribution in [3.05, 3.63) is 65.2 Å². The Bertz CT molecular complexity index is 858. The molecule has 0 aliphatic heterocycles. The summed E-state index contributed by atoms with van der Waals surface area (Å²) in [5.41, 5.74) is 3.42. The first-order valence-electron chi connectivity index (χ1n) is 11.3. The van der Waals surface area contributed by atoms with Crippen molar-refractivity contribution >= 4 is 23.6 Å². The summed E-state index contributed by atoms with van der Waals surface area (Å²) in [6.07, 6.45) is 5.65. The summed E-state index contributed by atoms with van der Waals surface area (Å²) >= 11 is 1.52. The minimum Gasteiger partial charge on any atom is -0.352 e. The van der Waals surface area contributed by atoms with Crippen molar-refractivity contribution < 1.29 is 9.59 Å². The maximum atomic E-state index is 13.2. The number of hydrogen-bond donors (Lipinski definition) is 1. The number of carbonyl (C=O) groups is 2. The lowest BCUT2D eigenvalue weighted by atomic mass is 9.95. The van der Waals surface area contributed by atoms with Gasteiger partial charge < -0.3 is 10.2 Å². The van der Waals surface area contributed by atoms with Gasteiger partial charge in [0.15, 0.2) is 0 Å². The van der Waals surface area contributed by atoms with E-state index in [1.54, 1.807) is 4.90 Å². The third kappa shape index (κ3) is 7.13. The van der Waals surface area contributed by atoms with E-state index in [9.17, 15) is 9.59 Å². The van der Waals surface area contributed by atoms with Gasteiger partial charge in [0.25, 0.3) is 0 Å². The van der Waals surface area contributed by atoms with E-state index in [1.165, 1.54) is 42.2 Å². The monoisotopic (exact) mass is 438 g/mol. The Morgan fingerprint density at radius 1 is 0.968 bits per heavy atom. The first-order valence-corrected chi connectivity index (χ1v) is 12.3. The van der Waals surface area contributed by atoms with Crippen molar-refractivity contribution in [2.45, 2.75) is 76.4 Å². The van der Waals surface area contributed by atoms with Gasteiger partial charge in [0, 0.05) is 17.5 Å². The molecule has 1 N–H and O–H groups in total. The molecule has 1 aliphatic carbocycles. The van der Waals surface area contributed by atoms with E-state index in [1.807, 2.05) is 50.2 Å². The molecule has 1 atom stereocenters. The van der Waals surface area contributed by atoms with Gasteiger partial charge in [-0.2, -0.15) is 0 Å². The molecule has 2 aromatic carbocycles. The third-order valence-electron chi connectivity index (χ3n) is 5.98. The van der Waals surface area contributed by atoms with Crippen LogP contribution < -0.4 is 5.32 Å². The van der Waals surface area contributed by atoms with Crippen LogP contribution in [0.3, 0.4) is 0 Å². The number of nitrogens with zero attached hydrogens (tertiary/aromatic N) is 1. The predicted molar refractivity (Wildman–Crippen MR) is 128 cm³/mol. The van der Waals surface area contributed by atoms with Crippen LogP contribution in [0.25, 0.3) is 0 Å². The van der Waals surface area contributed by atoms with Crippen LogP contribution in [0, 0.1) is 13.8 Å². The van der Waals surface area contributed by atoms with Crippen molar-refractivity contribution in [2.24, 2.45) is 0 Å². The summed E-state index contributed by atoms with van der Waals surface area (Å²) in [6.45, 7) is 6.38. The highest BCUT2D eigenvalue weighted by Gasteiger charge is 2.28. The number of thioether (sulfide) groups is 1. The Balaban J connectivity index is 1.69. The second kappa shape index (κ2) is 11.4. The second-order valence-corrected chi connectivity index (χ2v) is 9.68. The summed E-state index contributed by atoms with van der Waals surface area (Å²) in [5.74, 6) is 0.251. The highest BCUT2D eigenvalue weighted by Crippen LogP contribution is 2.21. The minimum atomic E-state index is -0.505. The highest BCUT2D eigenvalue weighted by atomic mass is 32.2. The first kappa shape index (κ1) is 23.4. The Hall–Kier alpha value is -2.27. The van der Waals surface area contributed by atoms with E-state index in [2.05, 4.69) is 24.4 Å². The summed E-state index contributed by atoms with van der Waals surface area (Å²) < 4.78 is 0. The standard InChI is InChI=1S/C26H34N2O2S/c1-19-9-13-22(14-10-19)17-28(21(3)26(30)27-23-7-5-4-6-8-23)25(29)18-31-24-15-11-20(2)12-16-24/h9-16,21,23H,4-8,17-18H2,1-3H3,(H,27,30)/t21-/m1/s1. The Labute approximate surface area is 190 Å². The average molecular weight is 439 g/mol. The summed E-state index contributed by atoms with van der Waals surface area (Å²) in [4.78, 5) is 29.0. The van der Waals surface area contributed by atoms with Crippen molar-refractivity contribution in [3.63, 3.8) is 0 Å². The van der Waals surface area contributed by atoms with E-state index in [4.69, 9.17) is 0 Å². The van der Waals surface area contributed by atoms with Crippen LogP contribution in [0.4, 0.5) is 0 Å². The van der Waals surface area contributed by atoms with Gasteiger partial charge in [-0.15, -0.1) is 11.8 Å². The molecule has 2 aromatic rings. The highest BCUT2D eigenvalue weighted by molar-refractivity contribution is 8.00. The molecule has 0 aromatic heterocycles. The van der Waals surface area contributed by atoms with Gasteiger partial charge in [0.05, 0.1) is 5.75 Å². The molecule has 5 heteroatoms. The van der Waals surface area contributed by atoms with Crippen molar-refractivity contribution in [2.75, 3.05) is 5.75 Å². The lowest BCUT2D eigenvalue weighted by Crippen LogP contribution is -2.50. The Morgan fingerprint density at radius 2 is 1.55 bits per heavy atom. The molecule has 0 radical (unpaired) electrons. The van der Waals surface area contributed by atoms with Crippen LogP contribution in [0.1, 0.15) is 55.7 Å². The zero-order chi connectivity index (χ0) is 22.2. The SMILES string of the molecule is Cc1ccc(CN(C(=O)CSc2ccc(C)cc2)[C@H](C)C(=O)NC2CCCCC2)cc1. The number of nitrogens with one attached hydrogen (secondary N) is 1. The molecular formula is C26H34N2O2S. The number of amides is 2. The number of rotatable bonds is 8. The van der Waals surface area contributed by atoms with E-state index in [0.717, 1.165) is 23.3 Å². The smallest absolute Gasteiger partial charge is 0.242 e. The Morgan fingerprint density at radius 3 is 2.16 bits per heavy atom. The number of carbonyl (C=O) groups excluding carboxylic acids is 2. The first-order chi connectivity index (χ1) is 14.9. The Kier molecular flexibility index (Phi) is 8.59. The molecule has 31 heavy (non-hydrogen) atoms. The van der Waals surface area contributed by atoms with Gasteiger partial charge in [0.2, 0.25) is 11.8 Å². The molecule has 2 amide bonds. The molecule has 0 saturated heterocycles. The van der Waals surface area contributed by atoms with Crippen molar-refractivity contribution in [3.8, 4) is 0 Å². The van der Waals surface area contributed by atoms with Crippen LogP contribution in [0.2, 0.25) is 0 Å². The second-order valence-electron chi connectivity index (χ2n) is 8.63. The molecule has 0 bridgehead atoms. The maximum Gasteiger partial charge on any atom is 0.242 e. The minimum absolute atomic E-state index is 0.0163. The predicted octanol–water partition coefficient (Wildman–Crippen LogP) is 5.26. The van der Waals surface area contributed by atoms with Crippen LogP contribution in [0.5, 0.6) is 0 Å². The van der Waals surface area contributed by atoms with Gasteiger partial charge in [-0.25, -0.2) is 0 Å². The molecule has 1 aliphatic rings. The molecule has 0 spiro atoms. The van der Waals surface area contributed by atoms with Crippen LogP contribution in [0.15, 0.2) is 53.4 Å². The normalized spacial score (nSPS) is 15.3. The van der Waals surface area contributed by atoms with Gasteiger partial charge in [-0.3, -0.25) is 9.59 Å². The average Bonchev–Trinajstić information content (AvgIpc) is 2.78. The molecule has 4 nitrogen and oxygen atoms in total. The molecule has 1 fully saturated rings. The third-order valence-corrected chi connectivity index (χ3v) is 6.97. The number of benzene rings is 2. The zero-order valence-corrected chi connectivity index (χ0v) is 19.7. The van der Waals surface area contributed by atoms with Crippen molar-refractivity contribution in [1.82, 2.24) is 10.2 Å². The zero-order valence-electron chi connectivity index (χ0n) is 18.9. The molecule has 0 heterocycles. The summed E-state index contributed by atoms with van der Waals surface area (Å²) in [6, 6.07) is 16.1. The van der Waals surface area contributed by atoms with Gasteiger partial charge in [0.1, 0.15) is 6.04 Å². The molecule has 3 rings (SSSR count). The van der Waals surface area contributed by atoms with Crippen LogP contribution in [-0.2, 0) is 16.1 Å². The molecule has 166 valence electrons. The van der Waals surface area contributed by atoms with Gasteiger partial charge in [-0.05, 0) is 51.3 Å². The fraction of sp³-hybridized carbons (Fsp3) is 0.462. The van der Waals surface area contributed by atoms with E-state index < -0.39 is 6.04 Å². The van der Waals surface area contributed by atoms with E-state index in [-0.39, 0.29) is 17.9 Å². The van der Waals surface area contributed by atoms with E-state index >= 15 is 0 Å². The van der Waals surface area contributed by atoms with Gasteiger partial charge >= 0.3 is 0 Å². The largest absolute Gasteiger partial charge is 0.352 e. The molecule has 1 saturated carbocycles. The summed E-state index contributed by atoms with van der Waals surface area (Å²) in [7, 11) is 0. The van der Waals surface area contributed by atoms with Crippen LogP contribution in [-0.4, -0.2) is 34.6 Å². The van der Waals surface area contributed by atoms with Gasteiger partial charge in [-0.1, -0.05) is 66.8 Å². The lowest BCUT2D eigenvalue weighted by molar-refractivity contribution is -0.139. The molecular weight excluding hydrogens is 404 g/mol. The fourth-order valence-corrected chi connectivity index (χ4v) is 4.69. The van der Waals surface area contributed by atoms with Crippen LogP contribution >= 0.6 is 11.8 Å². The maximum absolute atomic E-state index is 13.2. The quantitative estimate of drug-likeness (QED) is 0.572. The topological polar surface area (TPSA) is 49.4 Å². The summed E-state index contributed by atoms with van der Waals surface area (Å²) in [5, 5.41) is 3.19. The van der Waals surface area contributed by atoms with E-state index in [0.29, 0.717) is 12.3 Å².